The zero-order valence-electron chi connectivity index (χ0n) is 8.98. The van der Waals surface area contributed by atoms with Crippen LogP contribution in [0.15, 0.2) is 0 Å². The summed E-state index contributed by atoms with van der Waals surface area (Å²) in [5.74, 6) is 2.13. The fourth-order valence-electron chi connectivity index (χ4n) is 1.10. The summed E-state index contributed by atoms with van der Waals surface area (Å²) in [5.41, 5.74) is 0.149. The molecule has 0 aromatic carbocycles. The quantitative estimate of drug-likeness (QED) is 0.604. The first-order valence-corrected chi connectivity index (χ1v) is 5.75. The van der Waals surface area contributed by atoms with Crippen LogP contribution in [0.2, 0.25) is 0 Å². The van der Waals surface area contributed by atoms with E-state index >= 15 is 0 Å². The molecule has 0 heterocycles. The molecule has 0 spiro atoms. The fourth-order valence-corrected chi connectivity index (χ4v) is 1.49. The average molecular weight is 205 g/mol. The summed E-state index contributed by atoms with van der Waals surface area (Å²) in [6, 6.07) is 0. The van der Waals surface area contributed by atoms with Gasteiger partial charge in [0.1, 0.15) is 0 Å². The summed E-state index contributed by atoms with van der Waals surface area (Å²) in [5, 5.41) is 0. The largest absolute Gasteiger partial charge is 0.381 e. The van der Waals surface area contributed by atoms with Crippen molar-refractivity contribution in [1.82, 2.24) is 0 Å². The molecule has 1 fully saturated rings. The second-order valence-corrected chi connectivity index (χ2v) is 5.17. The Morgan fingerprint density at radius 2 is 2.08 bits per heavy atom. The van der Waals surface area contributed by atoms with Gasteiger partial charge in [-0.15, -0.1) is 11.6 Å². The lowest BCUT2D eigenvalue weighted by Crippen LogP contribution is -2.31. The van der Waals surface area contributed by atoms with Crippen molar-refractivity contribution in [2.75, 3.05) is 19.1 Å². The van der Waals surface area contributed by atoms with Crippen LogP contribution >= 0.6 is 11.6 Å². The molecular formula is C11H21ClO. The van der Waals surface area contributed by atoms with Crippen molar-refractivity contribution in [3.05, 3.63) is 0 Å². The molecule has 0 aromatic rings. The van der Waals surface area contributed by atoms with Gasteiger partial charge in [-0.3, -0.25) is 0 Å². The maximum absolute atomic E-state index is 5.95. The number of hydrogen-bond donors (Lipinski definition) is 0. The van der Waals surface area contributed by atoms with Crippen LogP contribution in [0.4, 0.5) is 0 Å². The third-order valence-electron chi connectivity index (χ3n) is 3.18. The van der Waals surface area contributed by atoms with E-state index in [1.807, 2.05) is 0 Å². The maximum Gasteiger partial charge on any atom is 0.0533 e. The summed E-state index contributed by atoms with van der Waals surface area (Å²) in [7, 11) is 0. The average Bonchev–Trinajstić information content (AvgIpc) is 2.87. The Morgan fingerprint density at radius 1 is 1.46 bits per heavy atom. The number of hydrogen-bond acceptors (Lipinski definition) is 1. The number of rotatable bonds is 6. The lowest BCUT2D eigenvalue weighted by Gasteiger charge is -2.31. The van der Waals surface area contributed by atoms with Gasteiger partial charge in [0, 0.05) is 17.9 Å². The molecule has 0 N–H and O–H groups in total. The van der Waals surface area contributed by atoms with Crippen LogP contribution in [-0.4, -0.2) is 19.1 Å². The third kappa shape index (κ3) is 3.47. The Bertz CT molecular complexity index is 154. The molecule has 1 aliphatic rings. The number of alkyl halides is 1. The monoisotopic (exact) mass is 204 g/mol. The summed E-state index contributed by atoms with van der Waals surface area (Å²) < 4.78 is 5.69. The van der Waals surface area contributed by atoms with Gasteiger partial charge in [-0.2, -0.15) is 0 Å². The van der Waals surface area contributed by atoms with Gasteiger partial charge in [0.15, 0.2) is 0 Å². The van der Waals surface area contributed by atoms with Crippen LogP contribution in [0.3, 0.4) is 0 Å². The predicted octanol–water partition coefficient (Wildman–Crippen LogP) is 3.31. The Kier molecular flexibility index (Phi) is 4.06. The number of ether oxygens (including phenoxy) is 1. The molecular weight excluding hydrogens is 184 g/mol. The molecule has 2 heteroatoms. The van der Waals surface area contributed by atoms with Gasteiger partial charge < -0.3 is 4.74 Å². The molecule has 0 amide bonds. The highest BCUT2D eigenvalue weighted by atomic mass is 35.5. The molecule has 1 aliphatic carbocycles. The minimum Gasteiger partial charge on any atom is -0.381 e. The van der Waals surface area contributed by atoms with Crippen molar-refractivity contribution in [3.63, 3.8) is 0 Å². The molecule has 78 valence electrons. The molecule has 1 atom stereocenters. The Hall–Kier alpha value is 0.250. The summed E-state index contributed by atoms with van der Waals surface area (Å²) in [6.07, 6.45) is 2.72. The molecule has 0 aliphatic heterocycles. The summed E-state index contributed by atoms with van der Waals surface area (Å²) >= 11 is 5.95. The van der Waals surface area contributed by atoms with Crippen LogP contribution < -0.4 is 0 Å². The van der Waals surface area contributed by atoms with Crippen LogP contribution in [-0.2, 0) is 4.74 Å². The first-order chi connectivity index (χ1) is 6.08. The third-order valence-corrected chi connectivity index (χ3v) is 3.79. The van der Waals surface area contributed by atoms with E-state index in [0.29, 0.717) is 11.8 Å². The highest BCUT2D eigenvalue weighted by molar-refractivity contribution is 6.18. The number of halogens is 1. The Balaban J connectivity index is 2.20. The first kappa shape index (κ1) is 11.3. The standard InChI is InChI=1S/C11H21ClO/c1-9(2)11(3,7-12)8-13-6-10-4-5-10/h9-10H,4-8H2,1-3H3. The van der Waals surface area contributed by atoms with E-state index < -0.39 is 0 Å². The van der Waals surface area contributed by atoms with Crippen LogP contribution in [0.25, 0.3) is 0 Å². The highest BCUT2D eigenvalue weighted by Crippen LogP contribution is 2.32. The molecule has 13 heavy (non-hydrogen) atoms. The van der Waals surface area contributed by atoms with E-state index in [1.165, 1.54) is 12.8 Å². The van der Waals surface area contributed by atoms with E-state index in [-0.39, 0.29) is 5.41 Å². The zero-order chi connectivity index (χ0) is 9.90. The minimum absolute atomic E-state index is 0.149. The smallest absolute Gasteiger partial charge is 0.0533 e. The van der Waals surface area contributed by atoms with Crippen molar-refractivity contribution in [2.45, 2.75) is 33.6 Å². The van der Waals surface area contributed by atoms with Gasteiger partial charge in [-0.25, -0.2) is 0 Å². The molecule has 0 saturated heterocycles. The van der Waals surface area contributed by atoms with E-state index in [0.717, 1.165) is 19.1 Å². The van der Waals surface area contributed by atoms with E-state index in [9.17, 15) is 0 Å². The van der Waals surface area contributed by atoms with Gasteiger partial charge in [0.2, 0.25) is 0 Å². The van der Waals surface area contributed by atoms with Crippen LogP contribution in [0, 0.1) is 17.3 Å². The summed E-state index contributed by atoms with van der Waals surface area (Å²) in [4.78, 5) is 0. The van der Waals surface area contributed by atoms with Crippen molar-refractivity contribution >= 4 is 11.6 Å². The van der Waals surface area contributed by atoms with Gasteiger partial charge in [0.05, 0.1) is 6.61 Å². The normalized spacial score (nSPS) is 21.9. The SMILES string of the molecule is CC(C)C(C)(CCl)COCC1CC1. The molecule has 0 bridgehead atoms. The molecule has 1 nitrogen and oxygen atoms in total. The van der Waals surface area contributed by atoms with Crippen molar-refractivity contribution in [2.24, 2.45) is 17.3 Å². The lowest BCUT2D eigenvalue weighted by atomic mass is 9.82. The van der Waals surface area contributed by atoms with Crippen molar-refractivity contribution < 1.29 is 4.74 Å². The molecule has 1 saturated carbocycles. The van der Waals surface area contributed by atoms with Gasteiger partial charge in [0.25, 0.3) is 0 Å². The fraction of sp³-hybridized carbons (Fsp3) is 1.00. The van der Waals surface area contributed by atoms with Crippen LogP contribution in [0.1, 0.15) is 33.6 Å². The molecule has 0 aromatic heterocycles. The van der Waals surface area contributed by atoms with Crippen molar-refractivity contribution in [3.8, 4) is 0 Å². The van der Waals surface area contributed by atoms with E-state index in [2.05, 4.69) is 20.8 Å². The topological polar surface area (TPSA) is 9.23 Å². The van der Waals surface area contributed by atoms with E-state index in [1.54, 1.807) is 0 Å². The lowest BCUT2D eigenvalue weighted by molar-refractivity contribution is 0.0343. The van der Waals surface area contributed by atoms with Crippen molar-refractivity contribution in [1.29, 1.82) is 0 Å². The maximum atomic E-state index is 5.95. The molecule has 0 radical (unpaired) electrons. The Morgan fingerprint density at radius 3 is 2.46 bits per heavy atom. The first-order valence-electron chi connectivity index (χ1n) is 5.22. The van der Waals surface area contributed by atoms with Crippen LogP contribution in [0.5, 0.6) is 0 Å². The minimum atomic E-state index is 0.149. The second-order valence-electron chi connectivity index (χ2n) is 4.90. The molecule has 1 unspecified atom stereocenters. The van der Waals surface area contributed by atoms with Gasteiger partial charge in [-0.1, -0.05) is 20.8 Å². The highest BCUT2D eigenvalue weighted by Gasteiger charge is 2.29. The zero-order valence-corrected chi connectivity index (χ0v) is 9.73. The van der Waals surface area contributed by atoms with E-state index in [4.69, 9.17) is 16.3 Å². The molecule has 1 rings (SSSR count). The predicted molar refractivity (Wildman–Crippen MR) is 57.2 cm³/mol. The second kappa shape index (κ2) is 4.65. The van der Waals surface area contributed by atoms with Gasteiger partial charge >= 0.3 is 0 Å². The summed E-state index contributed by atoms with van der Waals surface area (Å²) in [6.45, 7) is 8.38. The van der Waals surface area contributed by atoms with Gasteiger partial charge in [-0.05, 0) is 24.7 Å². The Labute approximate surface area is 86.8 Å².